The molecule has 1 aliphatic rings. The summed E-state index contributed by atoms with van der Waals surface area (Å²) in [6.07, 6.45) is 0.640. The number of nitrogens with zero attached hydrogens (tertiary/aromatic N) is 1. The van der Waals surface area contributed by atoms with Gasteiger partial charge in [0.15, 0.2) is 0 Å². The van der Waals surface area contributed by atoms with E-state index >= 15 is 0 Å². The molecule has 1 saturated heterocycles. The minimum atomic E-state index is -0.564. The van der Waals surface area contributed by atoms with Gasteiger partial charge in [0.2, 0.25) is 0 Å². The van der Waals surface area contributed by atoms with Gasteiger partial charge in [0.25, 0.3) is 0 Å². The minimum absolute atomic E-state index is 0.287. The molecule has 3 heteroatoms. The highest BCUT2D eigenvalue weighted by Crippen LogP contribution is 2.17. The molecule has 14 heavy (non-hydrogen) atoms. The van der Waals surface area contributed by atoms with E-state index in [1.807, 2.05) is 0 Å². The van der Waals surface area contributed by atoms with Crippen molar-refractivity contribution in [1.29, 1.82) is 0 Å². The Kier molecular flexibility index (Phi) is 2.79. The van der Waals surface area contributed by atoms with Crippen molar-refractivity contribution in [3.63, 3.8) is 0 Å². The van der Waals surface area contributed by atoms with Crippen LogP contribution in [0.2, 0.25) is 0 Å². The van der Waals surface area contributed by atoms with Crippen LogP contribution in [0.25, 0.3) is 0 Å². The van der Waals surface area contributed by atoms with Crippen molar-refractivity contribution >= 4 is 0 Å². The SMILES string of the molecule is OC(CN1CCC1)c1cccc(F)c1. The van der Waals surface area contributed by atoms with Gasteiger partial charge in [-0.2, -0.15) is 0 Å². The summed E-state index contributed by atoms with van der Waals surface area (Å²) < 4.78 is 12.8. The van der Waals surface area contributed by atoms with Crippen molar-refractivity contribution in [1.82, 2.24) is 4.90 Å². The zero-order valence-electron chi connectivity index (χ0n) is 7.99. The van der Waals surface area contributed by atoms with E-state index in [2.05, 4.69) is 4.90 Å². The molecule has 0 amide bonds. The third-order valence-corrected chi connectivity index (χ3v) is 2.61. The smallest absolute Gasteiger partial charge is 0.123 e. The number of aliphatic hydroxyl groups is 1. The van der Waals surface area contributed by atoms with Gasteiger partial charge in [-0.05, 0) is 37.2 Å². The molecule has 1 aromatic carbocycles. The fourth-order valence-electron chi connectivity index (χ4n) is 1.63. The van der Waals surface area contributed by atoms with Gasteiger partial charge in [0.1, 0.15) is 5.82 Å². The van der Waals surface area contributed by atoms with Gasteiger partial charge in [-0.25, -0.2) is 4.39 Å². The number of aliphatic hydroxyl groups excluding tert-OH is 1. The summed E-state index contributed by atoms with van der Waals surface area (Å²) in [5, 5.41) is 9.77. The summed E-state index contributed by atoms with van der Waals surface area (Å²) in [7, 11) is 0. The molecule has 0 aliphatic carbocycles. The first kappa shape index (κ1) is 9.62. The van der Waals surface area contributed by atoms with Gasteiger partial charge < -0.3 is 10.0 Å². The van der Waals surface area contributed by atoms with Crippen LogP contribution >= 0.6 is 0 Å². The molecule has 1 aromatic rings. The Morgan fingerprint density at radius 1 is 1.43 bits per heavy atom. The lowest BCUT2D eigenvalue weighted by molar-refractivity contribution is 0.0786. The number of likely N-dealkylation sites (tertiary alicyclic amines) is 1. The molecule has 0 aromatic heterocycles. The summed E-state index contributed by atoms with van der Waals surface area (Å²) in [5.74, 6) is -0.287. The van der Waals surface area contributed by atoms with E-state index in [0.29, 0.717) is 12.1 Å². The Hall–Kier alpha value is -0.930. The quantitative estimate of drug-likeness (QED) is 0.791. The molecule has 1 heterocycles. The number of hydrogen-bond donors (Lipinski definition) is 1. The van der Waals surface area contributed by atoms with E-state index in [1.54, 1.807) is 12.1 Å². The Labute approximate surface area is 83.0 Å². The average Bonchev–Trinajstić information content (AvgIpc) is 2.11. The lowest BCUT2D eigenvalue weighted by Gasteiger charge is -2.32. The van der Waals surface area contributed by atoms with Crippen molar-refractivity contribution < 1.29 is 9.50 Å². The second-order valence-electron chi connectivity index (χ2n) is 3.72. The maximum atomic E-state index is 12.8. The van der Waals surface area contributed by atoms with Crippen molar-refractivity contribution in [2.45, 2.75) is 12.5 Å². The summed E-state index contributed by atoms with van der Waals surface area (Å²) >= 11 is 0. The van der Waals surface area contributed by atoms with Crippen LogP contribution in [0.1, 0.15) is 18.1 Å². The van der Waals surface area contributed by atoms with E-state index in [-0.39, 0.29) is 5.82 Å². The van der Waals surface area contributed by atoms with E-state index in [9.17, 15) is 9.50 Å². The van der Waals surface area contributed by atoms with Gasteiger partial charge in [-0.15, -0.1) is 0 Å². The first-order chi connectivity index (χ1) is 6.75. The van der Waals surface area contributed by atoms with E-state index in [1.165, 1.54) is 18.6 Å². The third kappa shape index (κ3) is 2.11. The third-order valence-electron chi connectivity index (χ3n) is 2.61. The molecule has 2 rings (SSSR count). The van der Waals surface area contributed by atoms with Gasteiger partial charge in [0.05, 0.1) is 6.10 Å². The fourth-order valence-corrected chi connectivity index (χ4v) is 1.63. The van der Waals surface area contributed by atoms with Crippen LogP contribution in [0.3, 0.4) is 0 Å². The highest BCUT2D eigenvalue weighted by Gasteiger charge is 2.18. The minimum Gasteiger partial charge on any atom is -0.387 e. The van der Waals surface area contributed by atoms with Crippen LogP contribution in [0.4, 0.5) is 4.39 Å². The normalized spacial score (nSPS) is 19.0. The summed E-state index contributed by atoms with van der Waals surface area (Å²) in [5.41, 5.74) is 0.664. The van der Waals surface area contributed by atoms with Crippen LogP contribution < -0.4 is 0 Å². The van der Waals surface area contributed by atoms with Crippen molar-refractivity contribution in [2.75, 3.05) is 19.6 Å². The summed E-state index contributed by atoms with van der Waals surface area (Å²) in [6, 6.07) is 6.17. The Balaban J connectivity index is 1.98. The number of halogens is 1. The van der Waals surface area contributed by atoms with Crippen LogP contribution in [0, 0.1) is 5.82 Å². The molecule has 0 bridgehead atoms. The maximum Gasteiger partial charge on any atom is 0.123 e. The molecule has 1 aliphatic heterocycles. The van der Waals surface area contributed by atoms with Crippen LogP contribution in [0.15, 0.2) is 24.3 Å². The molecule has 1 fully saturated rings. The standard InChI is InChI=1S/C11H14FNO/c12-10-4-1-3-9(7-10)11(14)8-13-5-2-6-13/h1,3-4,7,11,14H,2,5-6,8H2. The van der Waals surface area contributed by atoms with Gasteiger partial charge in [0, 0.05) is 6.54 Å². The molecule has 1 atom stereocenters. The van der Waals surface area contributed by atoms with Crippen LogP contribution in [-0.4, -0.2) is 29.6 Å². The highest BCUT2D eigenvalue weighted by atomic mass is 19.1. The molecule has 0 saturated carbocycles. The zero-order valence-corrected chi connectivity index (χ0v) is 7.99. The number of hydrogen-bond acceptors (Lipinski definition) is 2. The maximum absolute atomic E-state index is 12.8. The Morgan fingerprint density at radius 2 is 2.21 bits per heavy atom. The predicted octanol–water partition coefficient (Wildman–Crippen LogP) is 1.56. The molecule has 1 unspecified atom stereocenters. The molecular formula is C11H14FNO. The molecule has 1 N–H and O–H groups in total. The highest BCUT2D eigenvalue weighted by molar-refractivity contribution is 5.19. The van der Waals surface area contributed by atoms with Gasteiger partial charge >= 0.3 is 0 Å². The van der Waals surface area contributed by atoms with Crippen LogP contribution in [0.5, 0.6) is 0 Å². The van der Waals surface area contributed by atoms with E-state index < -0.39 is 6.10 Å². The lowest BCUT2D eigenvalue weighted by atomic mass is 10.1. The van der Waals surface area contributed by atoms with Crippen LogP contribution in [-0.2, 0) is 0 Å². The molecular weight excluding hydrogens is 181 g/mol. The first-order valence-electron chi connectivity index (χ1n) is 4.91. The Bertz CT molecular complexity index is 312. The van der Waals surface area contributed by atoms with Gasteiger partial charge in [-0.3, -0.25) is 0 Å². The molecule has 0 radical (unpaired) electrons. The van der Waals surface area contributed by atoms with Crippen molar-refractivity contribution in [3.8, 4) is 0 Å². The molecule has 76 valence electrons. The average molecular weight is 195 g/mol. The molecule has 2 nitrogen and oxygen atoms in total. The number of benzene rings is 1. The van der Waals surface area contributed by atoms with E-state index in [4.69, 9.17) is 0 Å². The monoisotopic (exact) mass is 195 g/mol. The first-order valence-corrected chi connectivity index (χ1v) is 4.91. The second kappa shape index (κ2) is 4.07. The van der Waals surface area contributed by atoms with Gasteiger partial charge in [-0.1, -0.05) is 12.1 Å². The largest absolute Gasteiger partial charge is 0.387 e. The number of β-amino-alcohol motifs (C(OH)–C–C–N with tert-alkyl or cyclic N) is 1. The molecule has 0 spiro atoms. The zero-order chi connectivity index (χ0) is 9.97. The van der Waals surface area contributed by atoms with E-state index in [0.717, 1.165) is 13.1 Å². The Morgan fingerprint density at radius 3 is 2.79 bits per heavy atom. The van der Waals surface area contributed by atoms with Crippen molar-refractivity contribution in [2.24, 2.45) is 0 Å². The summed E-state index contributed by atoms with van der Waals surface area (Å²) in [4.78, 5) is 2.16. The topological polar surface area (TPSA) is 23.5 Å². The number of rotatable bonds is 3. The second-order valence-corrected chi connectivity index (χ2v) is 3.72. The predicted molar refractivity (Wildman–Crippen MR) is 52.4 cm³/mol. The lowest BCUT2D eigenvalue weighted by Crippen LogP contribution is -2.39. The summed E-state index contributed by atoms with van der Waals surface area (Å²) in [6.45, 7) is 2.71. The van der Waals surface area contributed by atoms with Crippen molar-refractivity contribution in [3.05, 3.63) is 35.6 Å². The fraction of sp³-hybridized carbons (Fsp3) is 0.455.